The fraction of sp³-hybridized carbons (Fsp3) is 0.786. The van der Waals surface area contributed by atoms with Gasteiger partial charge in [-0.25, -0.2) is 4.68 Å². The summed E-state index contributed by atoms with van der Waals surface area (Å²) in [5.41, 5.74) is 0.881. The predicted octanol–water partition coefficient (Wildman–Crippen LogP) is 1.60. The molecule has 0 spiro atoms. The zero-order valence-electron chi connectivity index (χ0n) is 13.5. The maximum Gasteiger partial charge on any atom is 0.247 e. The fourth-order valence-electron chi connectivity index (χ4n) is 1.85. The minimum Gasteiger partial charge on any atom is -0.341 e. The lowest BCUT2D eigenvalue weighted by atomic mass is 10.1. The maximum absolute atomic E-state index is 12.3. The van der Waals surface area contributed by atoms with E-state index in [0.29, 0.717) is 19.6 Å². The molecule has 6 heteroatoms. The Morgan fingerprint density at radius 2 is 2.00 bits per heavy atom. The van der Waals surface area contributed by atoms with Gasteiger partial charge in [0, 0.05) is 25.2 Å². The highest BCUT2D eigenvalue weighted by molar-refractivity contribution is 5.79. The maximum atomic E-state index is 12.3. The van der Waals surface area contributed by atoms with Crippen LogP contribution in [0, 0.1) is 0 Å². The Bertz CT molecular complexity index is 431. The Hall–Kier alpha value is -1.43. The number of nitrogens with one attached hydrogen (secondary N) is 1. The molecule has 6 nitrogen and oxygen atoms in total. The molecule has 1 atom stereocenters. The number of carbonyl (C=O) groups excluding carboxylic acids is 1. The first-order valence-electron chi connectivity index (χ1n) is 7.23. The van der Waals surface area contributed by atoms with Crippen molar-refractivity contribution in [3.05, 3.63) is 11.9 Å². The Morgan fingerprint density at radius 1 is 1.40 bits per heavy atom. The van der Waals surface area contributed by atoms with Crippen LogP contribution in [0.25, 0.3) is 0 Å². The summed E-state index contributed by atoms with van der Waals surface area (Å²) in [7, 11) is 0. The molecule has 0 fully saturated rings. The minimum atomic E-state index is -0.314. The highest BCUT2D eigenvalue weighted by Gasteiger charge is 2.21. The lowest BCUT2D eigenvalue weighted by Gasteiger charge is -2.22. The molecule has 0 bridgehead atoms. The van der Waals surface area contributed by atoms with Gasteiger partial charge in [-0.1, -0.05) is 5.21 Å². The van der Waals surface area contributed by atoms with Crippen LogP contribution >= 0.6 is 0 Å². The van der Waals surface area contributed by atoms with Crippen molar-refractivity contribution < 1.29 is 4.79 Å². The summed E-state index contributed by atoms with van der Waals surface area (Å²) in [6.07, 6.45) is 1.84. The molecule has 0 saturated carbocycles. The first-order chi connectivity index (χ1) is 9.28. The summed E-state index contributed by atoms with van der Waals surface area (Å²) < 4.78 is 1.64. The monoisotopic (exact) mass is 281 g/mol. The van der Waals surface area contributed by atoms with E-state index in [1.54, 1.807) is 9.58 Å². The van der Waals surface area contributed by atoms with E-state index in [2.05, 4.69) is 36.4 Å². The Balaban J connectivity index is 2.69. The van der Waals surface area contributed by atoms with E-state index in [-0.39, 0.29) is 17.5 Å². The standard InChI is InChI=1S/C14H27N5O/c1-7-18(8-2)13(20)11(3)19-10-12(16-17-19)9-15-14(4,5)6/h10-11,15H,7-9H2,1-6H3. The van der Waals surface area contributed by atoms with E-state index in [4.69, 9.17) is 0 Å². The molecule has 20 heavy (non-hydrogen) atoms. The summed E-state index contributed by atoms with van der Waals surface area (Å²) in [6.45, 7) is 14.2. The van der Waals surface area contributed by atoms with Crippen LogP contribution in [-0.2, 0) is 11.3 Å². The summed E-state index contributed by atoms with van der Waals surface area (Å²) in [5.74, 6) is 0.0789. The van der Waals surface area contributed by atoms with E-state index < -0.39 is 0 Å². The van der Waals surface area contributed by atoms with Crippen molar-refractivity contribution in [2.24, 2.45) is 0 Å². The van der Waals surface area contributed by atoms with E-state index in [1.807, 2.05) is 27.0 Å². The van der Waals surface area contributed by atoms with Crippen molar-refractivity contribution in [3.63, 3.8) is 0 Å². The molecule has 0 radical (unpaired) electrons. The summed E-state index contributed by atoms with van der Waals surface area (Å²) in [5, 5.41) is 11.5. The Kier molecular flexibility index (Phi) is 5.68. The molecule has 0 aliphatic heterocycles. The number of amides is 1. The molecule has 0 saturated heterocycles. The van der Waals surface area contributed by atoms with E-state index >= 15 is 0 Å². The van der Waals surface area contributed by atoms with Gasteiger partial charge in [-0.05, 0) is 41.5 Å². The van der Waals surface area contributed by atoms with Crippen LogP contribution < -0.4 is 5.32 Å². The summed E-state index contributed by atoms with van der Waals surface area (Å²) >= 11 is 0. The van der Waals surface area contributed by atoms with Crippen LogP contribution in [0.2, 0.25) is 0 Å². The zero-order chi connectivity index (χ0) is 15.3. The smallest absolute Gasteiger partial charge is 0.247 e. The van der Waals surface area contributed by atoms with Crippen molar-refractivity contribution in [1.29, 1.82) is 0 Å². The van der Waals surface area contributed by atoms with Crippen molar-refractivity contribution in [1.82, 2.24) is 25.2 Å². The first kappa shape index (κ1) is 16.6. The average molecular weight is 281 g/mol. The molecule has 114 valence electrons. The third-order valence-corrected chi connectivity index (χ3v) is 3.19. The van der Waals surface area contributed by atoms with Gasteiger partial charge in [-0.2, -0.15) is 0 Å². The number of likely N-dealkylation sites (N-methyl/N-ethyl adjacent to an activating group) is 1. The molecule has 1 unspecified atom stereocenters. The molecule has 1 aromatic rings. The molecule has 1 N–H and O–H groups in total. The number of carbonyl (C=O) groups is 1. The molecule has 0 aliphatic rings. The number of nitrogens with zero attached hydrogens (tertiary/aromatic N) is 4. The molecular formula is C14H27N5O. The molecule has 1 heterocycles. The normalized spacial score (nSPS) is 13.3. The number of rotatable bonds is 6. The van der Waals surface area contributed by atoms with Crippen LogP contribution in [-0.4, -0.2) is 44.4 Å². The molecular weight excluding hydrogens is 254 g/mol. The summed E-state index contributed by atoms with van der Waals surface area (Å²) in [6, 6.07) is -0.314. The lowest BCUT2D eigenvalue weighted by Crippen LogP contribution is -2.36. The molecule has 0 aliphatic carbocycles. The number of aromatic nitrogens is 3. The predicted molar refractivity (Wildman–Crippen MR) is 79.3 cm³/mol. The minimum absolute atomic E-state index is 0.0342. The third-order valence-electron chi connectivity index (χ3n) is 3.19. The quantitative estimate of drug-likeness (QED) is 0.860. The second-order valence-corrected chi connectivity index (χ2v) is 5.98. The Morgan fingerprint density at radius 3 is 2.50 bits per heavy atom. The molecule has 1 aromatic heterocycles. The second-order valence-electron chi connectivity index (χ2n) is 5.98. The second kappa shape index (κ2) is 6.83. The van der Waals surface area contributed by atoms with Crippen LogP contribution in [0.5, 0.6) is 0 Å². The van der Waals surface area contributed by atoms with E-state index in [9.17, 15) is 4.79 Å². The van der Waals surface area contributed by atoms with Gasteiger partial charge < -0.3 is 10.2 Å². The van der Waals surface area contributed by atoms with E-state index in [1.165, 1.54) is 0 Å². The van der Waals surface area contributed by atoms with Crippen molar-refractivity contribution in [2.75, 3.05) is 13.1 Å². The van der Waals surface area contributed by atoms with Gasteiger partial charge in [-0.15, -0.1) is 5.10 Å². The van der Waals surface area contributed by atoms with Gasteiger partial charge in [0.1, 0.15) is 6.04 Å². The highest BCUT2D eigenvalue weighted by Crippen LogP contribution is 2.10. The van der Waals surface area contributed by atoms with E-state index in [0.717, 1.165) is 5.69 Å². The molecule has 1 rings (SSSR count). The van der Waals surface area contributed by atoms with Gasteiger partial charge in [0.05, 0.1) is 11.9 Å². The first-order valence-corrected chi connectivity index (χ1v) is 7.23. The third kappa shape index (κ3) is 4.59. The average Bonchev–Trinajstić information content (AvgIpc) is 2.84. The van der Waals surface area contributed by atoms with Crippen LogP contribution in [0.4, 0.5) is 0 Å². The van der Waals surface area contributed by atoms with Crippen molar-refractivity contribution >= 4 is 5.91 Å². The van der Waals surface area contributed by atoms with Gasteiger partial charge >= 0.3 is 0 Å². The fourth-order valence-corrected chi connectivity index (χ4v) is 1.85. The van der Waals surface area contributed by atoms with Crippen molar-refractivity contribution in [3.8, 4) is 0 Å². The zero-order valence-corrected chi connectivity index (χ0v) is 13.5. The molecule has 0 aromatic carbocycles. The van der Waals surface area contributed by atoms with Gasteiger partial charge in [0.25, 0.3) is 0 Å². The largest absolute Gasteiger partial charge is 0.341 e. The van der Waals surface area contributed by atoms with Crippen LogP contribution in [0.1, 0.15) is 53.3 Å². The molecule has 1 amide bonds. The van der Waals surface area contributed by atoms with Gasteiger partial charge in [0.15, 0.2) is 0 Å². The van der Waals surface area contributed by atoms with Crippen LogP contribution in [0.3, 0.4) is 0 Å². The SMILES string of the molecule is CCN(CC)C(=O)C(C)n1cc(CNC(C)(C)C)nn1. The lowest BCUT2D eigenvalue weighted by molar-refractivity contribution is -0.134. The van der Waals surface area contributed by atoms with Gasteiger partial charge in [-0.3, -0.25) is 4.79 Å². The highest BCUT2D eigenvalue weighted by atomic mass is 16.2. The summed E-state index contributed by atoms with van der Waals surface area (Å²) in [4.78, 5) is 14.1. The van der Waals surface area contributed by atoms with Crippen molar-refractivity contribution in [2.45, 2.75) is 59.7 Å². The topological polar surface area (TPSA) is 63.1 Å². The van der Waals surface area contributed by atoms with Gasteiger partial charge in [0.2, 0.25) is 5.91 Å². The Labute approximate surface area is 121 Å². The number of hydrogen-bond acceptors (Lipinski definition) is 4. The number of hydrogen-bond donors (Lipinski definition) is 1. The van der Waals surface area contributed by atoms with Crippen LogP contribution in [0.15, 0.2) is 6.20 Å².